The van der Waals surface area contributed by atoms with Crippen molar-refractivity contribution in [3.8, 4) is 0 Å². The lowest BCUT2D eigenvalue weighted by atomic mass is 10.1. The SMILES string of the molecule is Cc1cnc(CCCO)c(C)c1.Cl. The molecule has 0 aliphatic heterocycles. The molecule has 1 rings (SSSR count). The average molecular weight is 202 g/mol. The van der Waals surface area contributed by atoms with Crippen LogP contribution in [-0.2, 0) is 6.42 Å². The molecule has 0 radical (unpaired) electrons. The van der Waals surface area contributed by atoms with Crippen LogP contribution in [0.2, 0.25) is 0 Å². The second-order valence-corrected chi connectivity index (χ2v) is 3.10. The summed E-state index contributed by atoms with van der Waals surface area (Å²) in [7, 11) is 0. The normalized spacial score (nSPS) is 9.46. The quantitative estimate of drug-likeness (QED) is 0.812. The van der Waals surface area contributed by atoms with Crippen molar-refractivity contribution in [2.24, 2.45) is 0 Å². The molecule has 0 aliphatic rings. The van der Waals surface area contributed by atoms with Gasteiger partial charge in [-0.05, 0) is 37.8 Å². The van der Waals surface area contributed by atoms with E-state index in [0.717, 1.165) is 18.5 Å². The van der Waals surface area contributed by atoms with Crippen molar-refractivity contribution in [1.82, 2.24) is 4.98 Å². The van der Waals surface area contributed by atoms with E-state index in [9.17, 15) is 0 Å². The molecule has 3 heteroatoms. The maximum atomic E-state index is 8.65. The first-order valence-electron chi connectivity index (χ1n) is 4.27. The van der Waals surface area contributed by atoms with Gasteiger partial charge in [0, 0.05) is 18.5 Å². The summed E-state index contributed by atoms with van der Waals surface area (Å²) in [6.45, 7) is 4.34. The minimum atomic E-state index is 0. The van der Waals surface area contributed by atoms with Gasteiger partial charge in [0.1, 0.15) is 0 Å². The van der Waals surface area contributed by atoms with Crippen molar-refractivity contribution >= 4 is 12.4 Å². The molecule has 0 saturated heterocycles. The fourth-order valence-electron chi connectivity index (χ4n) is 1.25. The summed E-state index contributed by atoms with van der Waals surface area (Å²) < 4.78 is 0. The van der Waals surface area contributed by atoms with Gasteiger partial charge in [-0.3, -0.25) is 4.98 Å². The molecule has 2 nitrogen and oxygen atoms in total. The van der Waals surface area contributed by atoms with Gasteiger partial charge in [-0.1, -0.05) is 6.07 Å². The molecule has 0 aromatic carbocycles. The summed E-state index contributed by atoms with van der Waals surface area (Å²) in [5.41, 5.74) is 3.53. The molecule has 0 bridgehead atoms. The summed E-state index contributed by atoms with van der Waals surface area (Å²) in [4.78, 5) is 4.30. The van der Waals surface area contributed by atoms with Crippen LogP contribution >= 0.6 is 12.4 Å². The first-order chi connectivity index (χ1) is 5.74. The Balaban J connectivity index is 0.00000144. The van der Waals surface area contributed by atoms with Crippen LogP contribution < -0.4 is 0 Å². The molecule has 13 heavy (non-hydrogen) atoms. The van der Waals surface area contributed by atoms with E-state index in [2.05, 4.69) is 18.0 Å². The third-order valence-corrected chi connectivity index (χ3v) is 1.90. The summed E-state index contributed by atoms with van der Waals surface area (Å²) in [6.07, 6.45) is 3.55. The van der Waals surface area contributed by atoms with Crippen molar-refractivity contribution in [1.29, 1.82) is 0 Å². The fourth-order valence-corrected chi connectivity index (χ4v) is 1.25. The third-order valence-electron chi connectivity index (χ3n) is 1.90. The van der Waals surface area contributed by atoms with Gasteiger partial charge in [-0.2, -0.15) is 0 Å². The van der Waals surface area contributed by atoms with E-state index in [0.29, 0.717) is 0 Å². The third kappa shape index (κ3) is 3.75. The number of aliphatic hydroxyl groups excluding tert-OH is 1. The maximum absolute atomic E-state index is 8.65. The van der Waals surface area contributed by atoms with Crippen molar-refractivity contribution in [2.45, 2.75) is 26.7 Å². The lowest BCUT2D eigenvalue weighted by molar-refractivity contribution is 0.288. The van der Waals surface area contributed by atoms with Gasteiger partial charge in [0.05, 0.1) is 0 Å². The molecule has 0 saturated carbocycles. The summed E-state index contributed by atoms with van der Waals surface area (Å²) in [5, 5.41) is 8.65. The Morgan fingerprint density at radius 3 is 2.62 bits per heavy atom. The number of hydrogen-bond donors (Lipinski definition) is 1. The van der Waals surface area contributed by atoms with Gasteiger partial charge in [-0.25, -0.2) is 0 Å². The molecule has 0 atom stereocenters. The molecule has 1 aromatic heterocycles. The molecule has 1 N–H and O–H groups in total. The monoisotopic (exact) mass is 201 g/mol. The predicted molar refractivity (Wildman–Crippen MR) is 56.4 cm³/mol. The largest absolute Gasteiger partial charge is 0.396 e. The highest BCUT2D eigenvalue weighted by atomic mass is 35.5. The van der Waals surface area contributed by atoms with E-state index in [1.54, 1.807) is 0 Å². The topological polar surface area (TPSA) is 33.1 Å². The smallest absolute Gasteiger partial charge is 0.0434 e. The van der Waals surface area contributed by atoms with Crippen molar-refractivity contribution in [3.63, 3.8) is 0 Å². The highest BCUT2D eigenvalue weighted by Crippen LogP contribution is 2.08. The summed E-state index contributed by atoms with van der Waals surface area (Å²) >= 11 is 0. The Kier molecular flexibility index (Phi) is 5.67. The van der Waals surface area contributed by atoms with E-state index in [4.69, 9.17) is 5.11 Å². The molecule has 0 amide bonds. The number of pyridine rings is 1. The van der Waals surface area contributed by atoms with Crippen molar-refractivity contribution in [2.75, 3.05) is 6.61 Å². The van der Waals surface area contributed by atoms with Gasteiger partial charge >= 0.3 is 0 Å². The lowest BCUT2D eigenvalue weighted by Crippen LogP contribution is -1.96. The highest BCUT2D eigenvalue weighted by molar-refractivity contribution is 5.85. The molecule has 0 unspecified atom stereocenters. The zero-order valence-corrected chi connectivity index (χ0v) is 8.90. The number of rotatable bonds is 3. The molecular formula is C10H16ClNO. The van der Waals surface area contributed by atoms with Gasteiger partial charge < -0.3 is 5.11 Å². The Bertz CT molecular complexity index is 263. The van der Waals surface area contributed by atoms with Crippen LogP contribution in [0.3, 0.4) is 0 Å². The van der Waals surface area contributed by atoms with Crippen LogP contribution in [-0.4, -0.2) is 16.7 Å². The lowest BCUT2D eigenvalue weighted by Gasteiger charge is -2.03. The minimum absolute atomic E-state index is 0. The number of nitrogens with zero attached hydrogens (tertiary/aromatic N) is 1. The predicted octanol–water partition coefficient (Wildman–Crippen LogP) is 2.05. The standard InChI is InChI=1S/C10H15NO.ClH/c1-8-6-9(2)10(11-7-8)4-3-5-12;/h6-7,12H,3-5H2,1-2H3;1H. The van der Waals surface area contributed by atoms with Crippen molar-refractivity contribution < 1.29 is 5.11 Å². The zero-order valence-electron chi connectivity index (χ0n) is 8.08. The van der Waals surface area contributed by atoms with Gasteiger partial charge in [0.15, 0.2) is 0 Å². The van der Waals surface area contributed by atoms with Crippen LogP contribution in [0, 0.1) is 13.8 Å². The maximum Gasteiger partial charge on any atom is 0.0434 e. The Morgan fingerprint density at radius 1 is 1.38 bits per heavy atom. The van der Waals surface area contributed by atoms with Crippen LogP contribution in [0.5, 0.6) is 0 Å². The number of halogens is 1. The summed E-state index contributed by atoms with van der Waals surface area (Å²) in [6, 6.07) is 2.12. The van der Waals surface area contributed by atoms with Crippen molar-refractivity contribution in [3.05, 3.63) is 29.1 Å². The van der Waals surface area contributed by atoms with E-state index >= 15 is 0 Å². The minimum Gasteiger partial charge on any atom is -0.396 e. The van der Waals surface area contributed by atoms with E-state index in [1.807, 2.05) is 13.1 Å². The average Bonchev–Trinajstić information content (AvgIpc) is 2.03. The van der Waals surface area contributed by atoms with Crippen LogP contribution in [0.25, 0.3) is 0 Å². The number of aliphatic hydroxyl groups is 1. The molecule has 1 heterocycles. The molecular weight excluding hydrogens is 186 g/mol. The zero-order chi connectivity index (χ0) is 8.97. The Hall–Kier alpha value is -0.600. The second kappa shape index (κ2) is 5.95. The van der Waals surface area contributed by atoms with Crippen LogP contribution in [0.15, 0.2) is 12.3 Å². The molecule has 1 aromatic rings. The fraction of sp³-hybridized carbons (Fsp3) is 0.500. The van der Waals surface area contributed by atoms with E-state index < -0.39 is 0 Å². The molecule has 0 fully saturated rings. The number of aryl methyl sites for hydroxylation is 3. The Labute approximate surface area is 85.4 Å². The van der Waals surface area contributed by atoms with Gasteiger partial charge in [0.25, 0.3) is 0 Å². The molecule has 0 spiro atoms. The van der Waals surface area contributed by atoms with Gasteiger partial charge in [0.2, 0.25) is 0 Å². The second-order valence-electron chi connectivity index (χ2n) is 3.10. The molecule has 74 valence electrons. The van der Waals surface area contributed by atoms with E-state index in [1.165, 1.54) is 11.1 Å². The summed E-state index contributed by atoms with van der Waals surface area (Å²) in [5.74, 6) is 0. The highest BCUT2D eigenvalue weighted by Gasteiger charge is 1.98. The first-order valence-corrected chi connectivity index (χ1v) is 4.27. The number of hydrogen-bond acceptors (Lipinski definition) is 2. The number of aromatic nitrogens is 1. The van der Waals surface area contributed by atoms with Gasteiger partial charge in [-0.15, -0.1) is 12.4 Å². The Morgan fingerprint density at radius 2 is 2.08 bits per heavy atom. The van der Waals surface area contributed by atoms with Crippen LogP contribution in [0.1, 0.15) is 23.2 Å². The van der Waals surface area contributed by atoms with E-state index in [-0.39, 0.29) is 19.0 Å². The molecule has 0 aliphatic carbocycles. The van der Waals surface area contributed by atoms with Crippen LogP contribution in [0.4, 0.5) is 0 Å². The first kappa shape index (κ1) is 12.4.